The molecular weight excluding hydrogens is 337 g/mol. The number of aromatic carboxylic acids is 1. The van der Waals surface area contributed by atoms with Gasteiger partial charge in [-0.05, 0) is 36.4 Å². The van der Waals surface area contributed by atoms with Gasteiger partial charge in [0, 0.05) is 5.69 Å². The summed E-state index contributed by atoms with van der Waals surface area (Å²) >= 11 is 17.8. The molecule has 0 aliphatic heterocycles. The highest BCUT2D eigenvalue weighted by molar-refractivity contribution is 6.46. The van der Waals surface area contributed by atoms with E-state index in [1.54, 1.807) is 0 Å². The van der Waals surface area contributed by atoms with Gasteiger partial charge in [0.2, 0.25) is 0 Å². The Balaban J connectivity index is 2.26. The van der Waals surface area contributed by atoms with Crippen LogP contribution in [0, 0.1) is 0 Å². The second kappa shape index (κ2) is 6.35. The van der Waals surface area contributed by atoms with Crippen molar-refractivity contribution in [1.29, 1.82) is 0 Å². The molecule has 0 spiro atoms. The summed E-state index contributed by atoms with van der Waals surface area (Å²) in [5.41, 5.74) is 0.595. The standard InChI is InChI=1S/C14H8Cl3NO3/c15-9-5-6-10(16)12(17)11(9)13(19)18-8-3-1-7(2-4-8)14(20)21/h1-6H,(H,18,19)(H,20,21). The first kappa shape index (κ1) is 15.6. The summed E-state index contributed by atoms with van der Waals surface area (Å²) in [4.78, 5) is 22.9. The molecule has 21 heavy (non-hydrogen) atoms. The maximum Gasteiger partial charge on any atom is 0.335 e. The fourth-order valence-electron chi connectivity index (χ4n) is 1.62. The van der Waals surface area contributed by atoms with Crippen molar-refractivity contribution >= 4 is 52.4 Å². The fourth-order valence-corrected chi connectivity index (χ4v) is 2.32. The number of halogens is 3. The van der Waals surface area contributed by atoms with Gasteiger partial charge < -0.3 is 10.4 Å². The lowest BCUT2D eigenvalue weighted by Gasteiger charge is -2.09. The predicted octanol–water partition coefficient (Wildman–Crippen LogP) is 4.60. The van der Waals surface area contributed by atoms with E-state index in [9.17, 15) is 9.59 Å². The number of hydrogen-bond donors (Lipinski definition) is 2. The third-order valence-corrected chi connectivity index (χ3v) is 3.78. The SMILES string of the molecule is O=C(O)c1ccc(NC(=O)c2c(Cl)ccc(Cl)c2Cl)cc1. The van der Waals surface area contributed by atoms with Gasteiger partial charge in [-0.2, -0.15) is 0 Å². The zero-order chi connectivity index (χ0) is 15.6. The third kappa shape index (κ3) is 3.47. The summed E-state index contributed by atoms with van der Waals surface area (Å²) in [6.45, 7) is 0. The van der Waals surface area contributed by atoms with Crippen molar-refractivity contribution < 1.29 is 14.7 Å². The zero-order valence-electron chi connectivity index (χ0n) is 10.4. The Labute approximate surface area is 135 Å². The highest BCUT2D eigenvalue weighted by Gasteiger charge is 2.17. The number of carboxylic acids is 1. The van der Waals surface area contributed by atoms with E-state index in [0.29, 0.717) is 5.69 Å². The van der Waals surface area contributed by atoms with Gasteiger partial charge in [-0.1, -0.05) is 34.8 Å². The van der Waals surface area contributed by atoms with Crippen molar-refractivity contribution in [1.82, 2.24) is 0 Å². The number of nitrogens with one attached hydrogen (secondary N) is 1. The molecule has 2 aromatic rings. The minimum absolute atomic E-state index is 0.0591. The Morgan fingerprint density at radius 2 is 1.48 bits per heavy atom. The molecule has 0 heterocycles. The molecule has 0 aliphatic carbocycles. The third-order valence-electron chi connectivity index (χ3n) is 2.66. The van der Waals surface area contributed by atoms with E-state index >= 15 is 0 Å². The molecule has 0 aromatic heterocycles. The first-order valence-electron chi connectivity index (χ1n) is 5.68. The molecule has 2 rings (SSSR count). The van der Waals surface area contributed by atoms with Crippen molar-refractivity contribution in [2.75, 3.05) is 5.32 Å². The van der Waals surface area contributed by atoms with Crippen LogP contribution in [0.4, 0.5) is 5.69 Å². The van der Waals surface area contributed by atoms with Crippen molar-refractivity contribution in [2.24, 2.45) is 0 Å². The van der Waals surface area contributed by atoms with Gasteiger partial charge in [-0.25, -0.2) is 4.79 Å². The number of benzene rings is 2. The largest absolute Gasteiger partial charge is 0.478 e. The first-order valence-corrected chi connectivity index (χ1v) is 6.81. The number of rotatable bonds is 3. The van der Waals surface area contributed by atoms with E-state index in [4.69, 9.17) is 39.9 Å². The first-order chi connectivity index (χ1) is 9.90. The number of carbonyl (C=O) groups is 2. The van der Waals surface area contributed by atoms with Crippen LogP contribution in [0.5, 0.6) is 0 Å². The van der Waals surface area contributed by atoms with Crippen LogP contribution in [0.1, 0.15) is 20.7 Å². The maximum absolute atomic E-state index is 12.2. The molecule has 0 aliphatic rings. The number of anilines is 1. The van der Waals surface area contributed by atoms with Gasteiger partial charge in [0.25, 0.3) is 5.91 Å². The quantitative estimate of drug-likeness (QED) is 0.800. The van der Waals surface area contributed by atoms with Crippen LogP contribution in [0.25, 0.3) is 0 Å². The smallest absolute Gasteiger partial charge is 0.335 e. The summed E-state index contributed by atoms with van der Waals surface area (Å²) in [7, 11) is 0. The highest BCUT2D eigenvalue weighted by atomic mass is 35.5. The van der Waals surface area contributed by atoms with Crippen LogP contribution < -0.4 is 5.32 Å². The Hall–Kier alpha value is -1.75. The Kier molecular flexibility index (Phi) is 4.73. The summed E-state index contributed by atoms with van der Waals surface area (Å²) in [5.74, 6) is -1.58. The molecule has 0 atom stereocenters. The van der Waals surface area contributed by atoms with E-state index in [1.807, 2.05) is 0 Å². The predicted molar refractivity (Wildman–Crippen MR) is 82.8 cm³/mol. The number of amides is 1. The lowest BCUT2D eigenvalue weighted by Crippen LogP contribution is -2.13. The normalized spacial score (nSPS) is 10.2. The second-order valence-corrected chi connectivity index (χ2v) is 5.25. The van der Waals surface area contributed by atoms with Crippen molar-refractivity contribution in [2.45, 2.75) is 0 Å². The van der Waals surface area contributed by atoms with Gasteiger partial charge in [0.1, 0.15) is 0 Å². The lowest BCUT2D eigenvalue weighted by atomic mass is 10.2. The van der Waals surface area contributed by atoms with Crippen LogP contribution in [-0.4, -0.2) is 17.0 Å². The topological polar surface area (TPSA) is 66.4 Å². The van der Waals surface area contributed by atoms with E-state index in [0.717, 1.165) is 0 Å². The van der Waals surface area contributed by atoms with Gasteiger partial charge in [-0.15, -0.1) is 0 Å². The number of carboxylic acid groups (broad SMARTS) is 1. The Bertz CT molecular complexity index is 714. The minimum atomic E-state index is -1.05. The summed E-state index contributed by atoms with van der Waals surface area (Å²) in [6, 6.07) is 8.64. The van der Waals surface area contributed by atoms with Gasteiger partial charge >= 0.3 is 5.97 Å². The molecule has 0 bridgehead atoms. The van der Waals surface area contributed by atoms with Crippen molar-refractivity contribution in [3.05, 3.63) is 62.6 Å². The summed E-state index contributed by atoms with van der Waals surface area (Å²) < 4.78 is 0. The molecule has 2 N–H and O–H groups in total. The molecule has 2 aromatic carbocycles. The molecule has 0 fully saturated rings. The molecule has 7 heteroatoms. The van der Waals surface area contributed by atoms with Crippen LogP contribution in [0.3, 0.4) is 0 Å². The van der Waals surface area contributed by atoms with Gasteiger partial charge in [0.15, 0.2) is 0 Å². The van der Waals surface area contributed by atoms with E-state index < -0.39 is 11.9 Å². The van der Waals surface area contributed by atoms with Crippen LogP contribution in [0.15, 0.2) is 36.4 Å². The minimum Gasteiger partial charge on any atom is -0.478 e. The molecule has 4 nitrogen and oxygen atoms in total. The maximum atomic E-state index is 12.2. The summed E-state index contributed by atoms with van der Waals surface area (Å²) in [6.07, 6.45) is 0. The zero-order valence-corrected chi connectivity index (χ0v) is 12.6. The van der Waals surface area contributed by atoms with Crippen LogP contribution >= 0.6 is 34.8 Å². The van der Waals surface area contributed by atoms with E-state index in [2.05, 4.69) is 5.32 Å². The molecule has 0 radical (unpaired) electrons. The average molecular weight is 345 g/mol. The van der Waals surface area contributed by atoms with Crippen molar-refractivity contribution in [3.63, 3.8) is 0 Å². The Morgan fingerprint density at radius 1 is 0.905 bits per heavy atom. The lowest BCUT2D eigenvalue weighted by molar-refractivity contribution is 0.0696. The molecule has 108 valence electrons. The Morgan fingerprint density at radius 3 is 2.05 bits per heavy atom. The molecular formula is C14H8Cl3NO3. The van der Waals surface area contributed by atoms with Gasteiger partial charge in [-0.3, -0.25) is 4.79 Å². The molecule has 1 amide bonds. The molecule has 0 unspecified atom stereocenters. The second-order valence-electron chi connectivity index (χ2n) is 4.05. The van der Waals surface area contributed by atoms with Crippen LogP contribution in [0.2, 0.25) is 15.1 Å². The van der Waals surface area contributed by atoms with E-state index in [-0.39, 0.29) is 26.2 Å². The van der Waals surface area contributed by atoms with Crippen LogP contribution in [-0.2, 0) is 0 Å². The molecule has 0 saturated carbocycles. The summed E-state index contributed by atoms with van der Waals surface area (Å²) in [5, 5.41) is 11.8. The monoisotopic (exact) mass is 343 g/mol. The number of carbonyl (C=O) groups excluding carboxylic acids is 1. The number of hydrogen-bond acceptors (Lipinski definition) is 2. The van der Waals surface area contributed by atoms with Gasteiger partial charge in [0.05, 0.1) is 26.2 Å². The van der Waals surface area contributed by atoms with Crippen molar-refractivity contribution in [3.8, 4) is 0 Å². The fraction of sp³-hybridized carbons (Fsp3) is 0. The molecule has 0 saturated heterocycles. The highest BCUT2D eigenvalue weighted by Crippen LogP contribution is 2.31. The van der Waals surface area contributed by atoms with E-state index in [1.165, 1.54) is 36.4 Å². The average Bonchev–Trinajstić information content (AvgIpc) is 2.44.